The van der Waals surface area contributed by atoms with E-state index in [0.29, 0.717) is 5.88 Å². The Bertz CT molecular complexity index is 579. The molecule has 3 nitrogen and oxygen atoms in total. The molecule has 4 heteroatoms. The van der Waals surface area contributed by atoms with Gasteiger partial charge in [0.2, 0.25) is 5.88 Å². The maximum Gasteiger partial charge on any atom is 0.223 e. The second kappa shape index (κ2) is 6.37. The minimum Gasteiger partial charge on any atom is -0.439 e. The van der Waals surface area contributed by atoms with Gasteiger partial charge >= 0.3 is 0 Å². The summed E-state index contributed by atoms with van der Waals surface area (Å²) in [7, 11) is 0. The Labute approximate surface area is 128 Å². The van der Waals surface area contributed by atoms with Gasteiger partial charge in [0.15, 0.2) is 0 Å². The number of benzene rings is 1. The summed E-state index contributed by atoms with van der Waals surface area (Å²) < 4.78 is 6.86. The monoisotopic (exact) mass is 334 g/mol. The zero-order valence-electron chi connectivity index (χ0n) is 12.0. The summed E-state index contributed by atoms with van der Waals surface area (Å²) in [5.41, 5.74) is 1.10. The highest BCUT2D eigenvalue weighted by atomic mass is 79.9. The SMILES string of the molecule is CC(C)(C)NCc1cccnc1Oc1cccc(Br)c1. The van der Waals surface area contributed by atoms with E-state index >= 15 is 0 Å². The Hall–Kier alpha value is -1.39. The van der Waals surface area contributed by atoms with Crippen molar-refractivity contribution in [3.05, 3.63) is 52.6 Å². The molecule has 1 N–H and O–H groups in total. The van der Waals surface area contributed by atoms with Gasteiger partial charge in [-0.3, -0.25) is 0 Å². The summed E-state index contributed by atoms with van der Waals surface area (Å²) in [5.74, 6) is 1.41. The predicted molar refractivity (Wildman–Crippen MR) is 85.0 cm³/mol. The molecule has 2 rings (SSSR count). The first kappa shape index (κ1) is 15.0. The molecule has 1 heterocycles. The van der Waals surface area contributed by atoms with Gasteiger partial charge in [0.25, 0.3) is 0 Å². The van der Waals surface area contributed by atoms with Crippen molar-refractivity contribution in [2.45, 2.75) is 32.9 Å². The third-order valence-corrected chi connectivity index (χ3v) is 3.16. The van der Waals surface area contributed by atoms with Crippen molar-refractivity contribution in [3.63, 3.8) is 0 Å². The minimum atomic E-state index is 0.0584. The van der Waals surface area contributed by atoms with Gasteiger partial charge in [-0.15, -0.1) is 0 Å². The average Bonchev–Trinajstić information content (AvgIpc) is 2.37. The standard InChI is InChI=1S/C16H19BrN2O/c1-16(2,3)19-11-12-6-5-9-18-15(12)20-14-8-4-7-13(17)10-14/h4-10,19H,11H2,1-3H3. The van der Waals surface area contributed by atoms with Gasteiger partial charge in [0.1, 0.15) is 5.75 Å². The van der Waals surface area contributed by atoms with Crippen LogP contribution in [0.25, 0.3) is 0 Å². The van der Waals surface area contributed by atoms with Gasteiger partial charge < -0.3 is 10.1 Å². The summed E-state index contributed by atoms with van der Waals surface area (Å²) >= 11 is 3.44. The largest absolute Gasteiger partial charge is 0.439 e. The van der Waals surface area contributed by atoms with Crippen LogP contribution in [0.1, 0.15) is 26.3 Å². The molecule has 0 amide bonds. The Kier molecular flexibility index (Phi) is 4.78. The van der Waals surface area contributed by atoms with Crippen molar-refractivity contribution in [3.8, 4) is 11.6 Å². The van der Waals surface area contributed by atoms with Crippen LogP contribution in [0.4, 0.5) is 0 Å². The van der Waals surface area contributed by atoms with Crippen LogP contribution in [-0.2, 0) is 6.54 Å². The minimum absolute atomic E-state index is 0.0584. The number of ether oxygens (including phenoxy) is 1. The third-order valence-electron chi connectivity index (χ3n) is 2.67. The highest BCUT2D eigenvalue weighted by Gasteiger charge is 2.12. The molecular formula is C16H19BrN2O. The van der Waals surface area contributed by atoms with E-state index in [1.54, 1.807) is 6.20 Å². The van der Waals surface area contributed by atoms with Gasteiger partial charge in [0, 0.05) is 28.3 Å². The average molecular weight is 335 g/mol. The second-order valence-corrected chi connectivity index (χ2v) is 6.55. The van der Waals surface area contributed by atoms with Crippen molar-refractivity contribution < 1.29 is 4.74 Å². The van der Waals surface area contributed by atoms with Crippen molar-refractivity contribution in [2.24, 2.45) is 0 Å². The van der Waals surface area contributed by atoms with Crippen LogP contribution in [0.2, 0.25) is 0 Å². The van der Waals surface area contributed by atoms with Crippen LogP contribution in [0, 0.1) is 0 Å². The number of pyridine rings is 1. The first-order valence-corrected chi connectivity index (χ1v) is 7.36. The van der Waals surface area contributed by atoms with E-state index in [1.165, 1.54) is 0 Å². The van der Waals surface area contributed by atoms with Crippen molar-refractivity contribution in [1.82, 2.24) is 10.3 Å². The molecule has 0 radical (unpaired) electrons. The van der Waals surface area contributed by atoms with Crippen LogP contribution in [0.15, 0.2) is 47.1 Å². The lowest BCUT2D eigenvalue weighted by Crippen LogP contribution is -2.35. The number of rotatable bonds is 4. The summed E-state index contributed by atoms with van der Waals surface area (Å²) in [6.45, 7) is 7.13. The second-order valence-electron chi connectivity index (χ2n) is 5.63. The molecule has 20 heavy (non-hydrogen) atoms. The molecule has 2 aromatic rings. The molecular weight excluding hydrogens is 316 g/mol. The van der Waals surface area contributed by atoms with E-state index < -0.39 is 0 Å². The molecule has 0 bridgehead atoms. The zero-order valence-corrected chi connectivity index (χ0v) is 13.6. The molecule has 0 aliphatic rings. The van der Waals surface area contributed by atoms with E-state index in [2.05, 4.69) is 47.0 Å². The van der Waals surface area contributed by atoms with E-state index in [9.17, 15) is 0 Å². The number of nitrogens with one attached hydrogen (secondary N) is 1. The van der Waals surface area contributed by atoms with Crippen LogP contribution in [-0.4, -0.2) is 10.5 Å². The predicted octanol–water partition coefficient (Wildman–Crippen LogP) is 4.52. The lowest BCUT2D eigenvalue weighted by molar-refractivity contribution is 0.409. The topological polar surface area (TPSA) is 34.2 Å². The Morgan fingerprint density at radius 3 is 2.70 bits per heavy atom. The summed E-state index contributed by atoms with van der Waals surface area (Å²) in [6, 6.07) is 11.7. The van der Waals surface area contributed by atoms with Crippen LogP contribution >= 0.6 is 15.9 Å². The maximum atomic E-state index is 5.87. The molecule has 1 aromatic heterocycles. The summed E-state index contributed by atoms with van der Waals surface area (Å²) in [6.07, 6.45) is 1.74. The molecule has 0 atom stereocenters. The van der Waals surface area contributed by atoms with Gasteiger partial charge in [-0.1, -0.05) is 28.1 Å². The van der Waals surface area contributed by atoms with E-state index in [1.807, 2.05) is 36.4 Å². The molecule has 0 aliphatic heterocycles. The van der Waals surface area contributed by atoms with Crippen LogP contribution in [0.3, 0.4) is 0 Å². The quantitative estimate of drug-likeness (QED) is 0.892. The lowest BCUT2D eigenvalue weighted by Gasteiger charge is -2.21. The lowest BCUT2D eigenvalue weighted by atomic mass is 10.1. The number of hydrogen-bond acceptors (Lipinski definition) is 3. The number of aromatic nitrogens is 1. The number of nitrogens with zero attached hydrogens (tertiary/aromatic N) is 1. The van der Waals surface area contributed by atoms with Crippen LogP contribution < -0.4 is 10.1 Å². The zero-order chi connectivity index (χ0) is 14.6. The molecule has 0 spiro atoms. The van der Waals surface area contributed by atoms with Crippen molar-refractivity contribution in [2.75, 3.05) is 0 Å². The Morgan fingerprint density at radius 1 is 1.20 bits per heavy atom. The summed E-state index contributed by atoms with van der Waals surface area (Å²) in [4.78, 5) is 4.33. The van der Waals surface area contributed by atoms with Crippen LogP contribution in [0.5, 0.6) is 11.6 Å². The molecule has 0 saturated carbocycles. The smallest absolute Gasteiger partial charge is 0.223 e. The Morgan fingerprint density at radius 2 is 2.00 bits per heavy atom. The highest BCUT2D eigenvalue weighted by molar-refractivity contribution is 9.10. The molecule has 0 saturated heterocycles. The van der Waals surface area contributed by atoms with E-state index in [4.69, 9.17) is 4.74 Å². The summed E-state index contributed by atoms with van der Waals surface area (Å²) in [5, 5.41) is 3.45. The molecule has 106 valence electrons. The van der Waals surface area contributed by atoms with Crippen molar-refractivity contribution in [1.29, 1.82) is 0 Å². The maximum absolute atomic E-state index is 5.87. The first-order chi connectivity index (χ1) is 9.44. The number of hydrogen-bond donors (Lipinski definition) is 1. The van der Waals surface area contributed by atoms with Gasteiger partial charge in [0.05, 0.1) is 0 Å². The fourth-order valence-electron chi connectivity index (χ4n) is 1.65. The van der Waals surface area contributed by atoms with E-state index in [0.717, 1.165) is 22.3 Å². The van der Waals surface area contributed by atoms with Gasteiger partial charge in [-0.05, 0) is 45.0 Å². The Balaban J connectivity index is 2.15. The molecule has 0 unspecified atom stereocenters. The number of halogens is 1. The normalized spacial score (nSPS) is 11.4. The van der Waals surface area contributed by atoms with E-state index in [-0.39, 0.29) is 5.54 Å². The van der Waals surface area contributed by atoms with Gasteiger partial charge in [-0.2, -0.15) is 0 Å². The third kappa shape index (κ3) is 4.62. The highest BCUT2D eigenvalue weighted by Crippen LogP contribution is 2.25. The molecule has 1 aromatic carbocycles. The fourth-order valence-corrected chi connectivity index (χ4v) is 2.03. The fraction of sp³-hybridized carbons (Fsp3) is 0.312. The van der Waals surface area contributed by atoms with Gasteiger partial charge in [-0.25, -0.2) is 4.98 Å². The molecule has 0 fully saturated rings. The van der Waals surface area contributed by atoms with Crippen molar-refractivity contribution >= 4 is 15.9 Å². The first-order valence-electron chi connectivity index (χ1n) is 6.56. The molecule has 0 aliphatic carbocycles.